The second-order valence-corrected chi connectivity index (χ2v) is 4.74. The molecule has 2 rings (SSSR count). The average molecular weight is 238 g/mol. The molecule has 0 spiro atoms. The summed E-state index contributed by atoms with van der Waals surface area (Å²) in [6.45, 7) is 6.93. The fourth-order valence-electron chi connectivity index (χ4n) is 2.17. The molecule has 1 aromatic heterocycles. The highest BCUT2D eigenvalue weighted by Crippen LogP contribution is 2.27. The van der Waals surface area contributed by atoms with Crippen LogP contribution in [0.2, 0.25) is 0 Å². The molecule has 1 fully saturated rings. The largest absolute Gasteiger partial charge is 0.473 e. The fraction of sp³-hybridized carbons (Fsp3) is 0.750. The molecule has 2 heterocycles. The van der Waals surface area contributed by atoms with Crippen LogP contribution in [-0.4, -0.2) is 40.9 Å². The van der Waals surface area contributed by atoms with Crippen molar-refractivity contribution in [1.82, 2.24) is 14.7 Å². The van der Waals surface area contributed by atoms with Crippen molar-refractivity contribution in [3.63, 3.8) is 0 Å². The van der Waals surface area contributed by atoms with Crippen LogP contribution < -0.4 is 10.5 Å². The third-order valence-electron chi connectivity index (χ3n) is 3.37. The van der Waals surface area contributed by atoms with Gasteiger partial charge in [0.2, 0.25) is 5.88 Å². The Bertz CT molecular complexity index is 380. The number of nitrogen functional groups attached to an aromatic ring is 1. The zero-order valence-corrected chi connectivity index (χ0v) is 10.9. The van der Waals surface area contributed by atoms with Gasteiger partial charge in [-0.2, -0.15) is 5.10 Å². The maximum Gasteiger partial charge on any atom is 0.236 e. The number of aromatic nitrogens is 2. The van der Waals surface area contributed by atoms with Crippen molar-refractivity contribution in [2.24, 2.45) is 0 Å². The first-order chi connectivity index (χ1) is 8.11. The molecular weight excluding hydrogens is 216 g/mol. The fourth-order valence-corrected chi connectivity index (χ4v) is 2.17. The van der Waals surface area contributed by atoms with E-state index < -0.39 is 0 Å². The average Bonchev–Trinajstić information content (AvgIpc) is 2.59. The summed E-state index contributed by atoms with van der Waals surface area (Å²) >= 11 is 0. The molecule has 1 aliphatic rings. The van der Waals surface area contributed by atoms with E-state index in [4.69, 9.17) is 10.5 Å². The summed E-state index contributed by atoms with van der Waals surface area (Å²) in [5.74, 6) is 0.750. The summed E-state index contributed by atoms with van der Waals surface area (Å²) in [6.07, 6.45) is 2.39. The minimum absolute atomic E-state index is 0.273. The number of piperidine rings is 1. The molecule has 0 bridgehead atoms. The van der Waals surface area contributed by atoms with Crippen LogP contribution in [0.5, 0.6) is 5.88 Å². The molecule has 96 valence electrons. The molecule has 1 saturated heterocycles. The Morgan fingerprint density at radius 3 is 2.65 bits per heavy atom. The topological polar surface area (TPSA) is 56.3 Å². The normalized spacial score (nSPS) is 18.5. The minimum atomic E-state index is 0.273. The second kappa shape index (κ2) is 4.96. The number of hydrogen-bond acceptors (Lipinski definition) is 4. The highest BCUT2D eigenvalue weighted by Gasteiger charge is 2.21. The first-order valence-corrected chi connectivity index (χ1v) is 6.30. The SMILES string of the molecule is CCn1nc(C)c(N)c1OC1CCN(C)CC1. The summed E-state index contributed by atoms with van der Waals surface area (Å²) in [4.78, 5) is 2.32. The van der Waals surface area contributed by atoms with E-state index in [9.17, 15) is 0 Å². The van der Waals surface area contributed by atoms with Gasteiger partial charge >= 0.3 is 0 Å². The van der Waals surface area contributed by atoms with Crippen LogP contribution in [0.3, 0.4) is 0 Å². The van der Waals surface area contributed by atoms with Crippen molar-refractivity contribution in [3.05, 3.63) is 5.69 Å². The lowest BCUT2D eigenvalue weighted by atomic mass is 10.1. The van der Waals surface area contributed by atoms with Gasteiger partial charge in [0.25, 0.3) is 0 Å². The minimum Gasteiger partial charge on any atom is -0.473 e. The van der Waals surface area contributed by atoms with Crippen LogP contribution in [-0.2, 0) is 6.54 Å². The Hall–Kier alpha value is -1.23. The molecule has 0 unspecified atom stereocenters. The standard InChI is InChI=1S/C12H22N4O/c1-4-16-12(11(13)9(2)14-16)17-10-5-7-15(3)8-6-10/h10H,4-8,13H2,1-3H3. The number of hydrogen-bond donors (Lipinski definition) is 1. The predicted molar refractivity (Wildman–Crippen MR) is 68.2 cm³/mol. The zero-order chi connectivity index (χ0) is 12.4. The molecule has 1 aromatic rings. The van der Waals surface area contributed by atoms with Gasteiger partial charge in [-0.3, -0.25) is 0 Å². The number of likely N-dealkylation sites (tertiary alicyclic amines) is 1. The Balaban J connectivity index is 2.07. The van der Waals surface area contributed by atoms with Gasteiger partial charge in [0.1, 0.15) is 11.8 Å². The zero-order valence-electron chi connectivity index (χ0n) is 10.9. The van der Waals surface area contributed by atoms with Crippen molar-refractivity contribution in [2.45, 2.75) is 39.3 Å². The first kappa shape index (κ1) is 12.2. The molecule has 0 aliphatic carbocycles. The molecule has 2 N–H and O–H groups in total. The van der Waals surface area contributed by atoms with E-state index in [1.54, 1.807) is 0 Å². The second-order valence-electron chi connectivity index (χ2n) is 4.74. The molecule has 1 aliphatic heterocycles. The highest BCUT2D eigenvalue weighted by atomic mass is 16.5. The van der Waals surface area contributed by atoms with E-state index in [1.807, 2.05) is 18.5 Å². The van der Waals surface area contributed by atoms with Gasteiger partial charge in [0.15, 0.2) is 0 Å². The van der Waals surface area contributed by atoms with Crippen molar-refractivity contribution in [2.75, 3.05) is 25.9 Å². The molecule has 0 saturated carbocycles. The van der Waals surface area contributed by atoms with Crippen LogP contribution >= 0.6 is 0 Å². The molecule has 5 heteroatoms. The number of nitrogens with two attached hydrogens (primary N) is 1. The summed E-state index contributed by atoms with van der Waals surface area (Å²) in [5.41, 5.74) is 7.55. The number of anilines is 1. The highest BCUT2D eigenvalue weighted by molar-refractivity contribution is 5.52. The van der Waals surface area contributed by atoms with Gasteiger partial charge in [-0.25, -0.2) is 4.68 Å². The Kier molecular flexibility index (Phi) is 3.57. The molecule has 0 atom stereocenters. The predicted octanol–water partition coefficient (Wildman–Crippen LogP) is 1.27. The maximum atomic E-state index is 6.03. The van der Waals surface area contributed by atoms with E-state index in [0.717, 1.165) is 44.0 Å². The number of aryl methyl sites for hydroxylation is 2. The quantitative estimate of drug-likeness (QED) is 0.861. The lowest BCUT2D eigenvalue weighted by Gasteiger charge is -2.29. The molecule has 17 heavy (non-hydrogen) atoms. The summed E-state index contributed by atoms with van der Waals surface area (Å²) in [6, 6.07) is 0. The Labute approximate surface area is 103 Å². The third-order valence-corrected chi connectivity index (χ3v) is 3.37. The van der Waals surface area contributed by atoms with Crippen molar-refractivity contribution < 1.29 is 4.74 Å². The van der Waals surface area contributed by atoms with Crippen molar-refractivity contribution >= 4 is 5.69 Å². The van der Waals surface area contributed by atoms with E-state index in [1.165, 1.54) is 0 Å². The van der Waals surface area contributed by atoms with Crippen LogP contribution in [0.15, 0.2) is 0 Å². The van der Waals surface area contributed by atoms with Crippen LogP contribution in [0.1, 0.15) is 25.5 Å². The van der Waals surface area contributed by atoms with Gasteiger partial charge in [-0.1, -0.05) is 0 Å². The van der Waals surface area contributed by atoms with Crippen LogP contribution in [0, 0.1) is 6.92 Å². The number of nitrogens with zero attached hydrogens (tertiary/aromatic N) is 3. The summed E-state index contributed by atoms with van der Waals surface area (Å²) < 4.78 is 7.88. The van der Waals surface area contributed by atoms with Crippen molar-refractivity contribution in [1.29, 1.82) is 0 Å². The molecule has 5 nitrogen and oxygen atoms in total. The summed E-state index contributed by atoms with van der Waals surface area (Å²) in [7, 11) is 2.14. The van der Waals surface area contributed by atoms with Crippen LogP contribution in [0.25, 0.3) is 0 Å². The monoisotopic (exact) mass is 238 g/mol. The van der Waals surface area contributed by atoms with E-state index in [0.29, 0.717) is 5.69 Å². The molecular formula is C12H22N4O. The lowest BCUT2D eigenvalue weighted by Crippen LogP contribution is -2.36. The van der Waals surface area contributed by atoms with Gasteiger partial charge < -0.3 is 15.4 Å². The molecule has 0 radical (unpaired) electrons. The Morgan fingerprint density at radius 1 is 1.41 bits per heavy atom. The van der Waals surface area contributed by atoms with E-state index in [2.05, 4.69) is 17.0 Å². The maximum absolute atomic E-state index is 6.03. The van der Waals surface area contributed by atoms with E-state index in [-0.39, 0.29) is 6.10 Å². The Morgan fingerprint density at radius 2 is 2.06 bits per heavy atom. The van der Waals surface area contributed by atoms with Gasteiger partial charge in [0.05, 0.1) is 5.69 Å². The number of ether oxygens (including phenoxy) is 1. The smallest absolute Gasteiger partial charge is 0.236 e. The molecule has 0 amide bonds. The number of rotatable bonds is 3. The lowest BCUT2D eigenvalue weighted by molar-refractivity contribution is 0.105. The summed E-state index contributed by atoms with van der Waals surface area (Å²) in [5, 5.41) is 4.37. The van der Waals surface area contributed by atoms with Gasteiger partial charge in [-0.15, -0.1) is 0 Å². The van der Waals surface area contributed by atoms with Gasteiger partial charge in [-0.05, 0) is 33.7 Å². The van der Waals surface area contributed by atoms with Crippen LogP contribution in [0.4, 0.5) is 5.69 Å². The van der Waals surface area contributed by atoms with Crippen molar-refractivity contribution in [3.8, 4) is 5.88 Å². The third kappa shape index (κ3) is 2.54. The van der Waals surface area contributed by atoms with Gasteiger partial charge in [0, 0.05) is 19.6 Å². The molecule has 0 aromatic carbocycles. The van der Waals surface area contributed by atoms with E-state index >= 15 is 0 Å². The first-order valence-electron chi connectivity index (χ1n) is 6.30.